The average molecular weight is 267 g/mol. The van der Waals surface area contributed by atoms with Gasteiger partial charge in [0.1, 0.15) is 0 Å². The van der Waals surface area contributed by atoms with Crippen LogP contribution in [0.15, 0.2) is 0 Å². The number of piperazine rings is 1. The first-order valence-electron chi connectivity index (χ1n) is 8.01. The van der Waals surface area contributed by atoms with E-state index in [0.29, 0.717) is 12.1 Å². The topological polar surface area (TPSA) is 41.7 Å². The van der Waals surface area contributed by atoms with Gasteiger partial charge in [-0.2, -0.15) is 0 Å². The molecular weight excluding hydrogens is 238 g/mol. The molecule has 3 rings (SSSR count). The van der Waals surface area contributed by atoms with E-state index in [9.17, 15) is 0 Å². The number of ether oxygens (including phenoxy) is 1. The molecule has 0 aromatic rings. The van der Waals surface area contributed by atoms with Crippen LogP contribution >= 0.6 is 0 Å². The third-order valence-corrected chi connectivity index (χ3v) is 5.37. The van der Waals surface area contributed by atoms with Crippen LogP contribution < -0.4 is 5.73 Å². The summed E-state index contributed by atoms with van der Waals surface area (Å²) in [6.45, 7) is 5.27. The van der Waals surface area contributed by atoms with Gasteiger partial charge in [0.15, 0.2) is 0 Å². The van der Waals surface area contributed by atoms with Crippen molar-refractivity contribution in [2.75, 3.05) is 39.8 Å². The van der Waals surface area contributed by atoms with Crippen LogP contribution in [0.5, 0.6) is 0 Å². The first-order valence-corrected chi connectivity index (χ1v) is 8.01. The Bertz CT molecular complexity index is 304. The smallest absolute Gasteiger partial charge is 0.0710 e. The normalized spacial score (nSPS) is 36.3. The predicted molar refractivity (Wildman–Crippen MR) is 77.2 cm³/mol. The number of nitrogens with two attached hydrogens (primary N) is 1. The highest BCUT2D eigenvalue weighted by atomic mass is 16.5. The molecule has 4 heteroatoms. The molecule has 2 atom stereocenters. The molecule has 0 aromatic carbocycles. The Morgan fingerprint density at radius 3 is 2.74 bits per heavy atom. The van der Waals surface area contributed by atoms with Gasteiger partial charge in [-0.1, -0.05) is 12.8 Å². The average Bonchev–Trinajstić information content (AvgIpc) is 3.03. The molecular formula is C15H29N3O. The lowest BCUT2D eigenvalue weighted by Gasteiger charge is -2.40. The fraction of sp³-hybridized carbons (Fsp3) is 1.00. The Balaban J connectivity index is 1.53. The molecule has 1 saturated carbocycles. The van der Waals surface area contributed by atoms with Crippen LogP contribution in [-0.2, 0) is 4.74 Å². The molecule has 2 aliphatic heterocycles. The van der Waals surface area contributed by atoms with E-state index in [4.69, 9.17) is 10.5 Å². The first-order chi connectivity index (χ1) is 9.21. The van der Waals surface area contributed by atoms with E-state index >= 15 is 0 Å². The van der Waals surface area contributed by atoms with Crippen LogP contribution in [0.3, 0.4) is 0 Å². The quantitative estimate of drug-likeness (QED) is 0.830. The number of rotatable bonds is 3. The zero-order chi connectivity index (χ0) is 13.3. The maximum Gasteiger partial charge on any atom is 0.0710 e. The van der Waals surface area contributed by atoms with Crippen molar-refractivity contribution in [2.24, 2.45) is 5.73 Å². The fourth-order valence-corrected chi connectivity index (χ4v) is 4.18. The molecule has 19 heavy (non-hydrogen) atoms. The number of likely N-dealkylation sites (N-methyl/N-ethyl adjacent to an activating group) is 1. The number of hydrogen-bond acceptors (Lipinski definition) is 4. The van der Waals surface area contributed by atoms with Gasteiger partial charge in [-0.05, 0) is 32.7 Å². The van der Waals surface area contributed by atoms with Gasteiger partial charge < -0.3 is 15.4 Å². The molecule has 2 unspecified atom stereocenters. The summed E-state index contributed by atoms with van der Waals surface area (Å²) < 4.78 is 6.44. The van der Waals surface area contributed by atoms with E-state index in [-0.39, 0.29) is 5.60 Å². The molecule has 3 aliphatic rings. The highest BCUT2D eigenvalue weighted by Crippen LogP contribution is 2.43. The van der Waals surface area contributed by atoms with Gasteiger partial charge in [0, 0.05) is 38.8 Å². The lowest BCUT2D eigenvalue weighted by atomic mass is 9.98. The molecule has 1 aliphatic carbocycles. The molecule has 0 aromatic heterocycles. The second-order valence-corrected chi connectivity index (χ2v) is 6.82. The fourth-order valence-electron chi connectivity index (χ4n) is 4.18. The Morgan fingerprint density at radius 1 is 1.21 bits per heavy atom. The number of nitrogens with zero attached hydrogens (tertiary/aromatic N) is 2. The Labute approximate surface area is 117 Å². The van der Waals surface area contributed by atoms with Crippen LogP contribution in [0.2, 0.25) is 0 Å². The zero-order valence-electron chi connectivity index (χ0n) is 12.3. The van der Waals surface area contributed by atoms with Crippen molar-refractivity contribution in [3.05, 3.63) is 0 Å². The van der Waals surface area contributed by atoms with Crippen LogP contribution in [0, 0.1) is 0 Å². The van der Waals surface area contributed by atoms with Gasteiger partial charge in [0.05, 0.1) is 11.7 Å². The van der Waals surface area contributed by atoms with Crippen LogP contribution in [0.4, 0.5) is 0 Å². The van der Waals surface area contributed by atoms with Crippen LogP contribution in [0.25, 0.3) is 0 Å². The molecule has 0 bridgehead atoms. The van der Waals surface area contributed by atoms with Crippen molar-refractivity contribution >= 4 is 0 Å². The lowest BCUT2D eigenvalue weighted by Crippen LogP contribution is -2.56. The molecule has 2 N–H and O–H groups in total. The van der Waals surface area contributed by atoms with Crippen molar-refractivity contribution in [1.29, 1.82) is 0 Å². The third kappa shape index (κ3) is 2.97. The molecule has 4 nitrogen and oxygen atoms in total. The summed E-state index contributed by atoms with van der Waals surface area (Å²) in [5, 5.41) is 0. The summed E-state index contributed by atoms with van der Waals surface area (Å²) >= 11 is 0. The molecule has 2 saturated heterocycles. The molecule has 3 fully saturated rings. The Kier molecular flexibility index (Phi) is 4.13. The van der Waals surface area contributed by atoms with E-state index in [1.165, 1.54) is 38.5 Å². The largest absolute Gasteiger partial charge is 0.370 e. The number of hydrogen-bond donors (Lipinski definition) is 1. The second kappa shape index (κ2) is 5.68. The first kappa shape index (κ1) is 13.8. The van der Waals surface area contributed by atoms with Crippen molar-refractivity contribution in [3.8, 4) is 0 Å². The minimum Gasteiger partial charge on any atom is -0.370 e. The van der Waals surface area contributed by atoms with Crippen molar-refractivity contribution in [3.63, 3.8) is 0 Å². The Hall–Kier alpha value is -0.160. The van der Waals surface area contributed by atoms with E-state index in [2.05, 4.69) is 16.8 Å². The maximum atomic E-state index is 6.44. The summed E-state index contributed by atoms with van der Waals surface area (Å²) in [4.78, 5) is 4.96. The lowest BCUT2D eigenvalue weighted by molar-refractivity contribution is -0.0565. The molecule has 0 radical (unpaired) electrons. The van der Waals surface area contributed by atoms with Gasteiger partial charge >= 0.3 is 0 Å². The van der Waals surface area contributed by atoms with Gasteiger partial charge in [-0.3, -0.25) is 4.90 Å². The molecule has 0 amide bonds. The summed E-state index contributed by atoms with van der Waals surface area (Å²) in [6, 6.07) is 0.516. The van der Waals surface area contributed by atoms with Crippen molar-refractivity contribution < 1.29 is 4.74 Å². The monoisotopic (exact) mass is 267 g/mol. The van der Waals surface area contributed by atoms with Gasteiger partial charge in [0.25, 0.3) is 0 Å². The Morgan fingerprint density at radius 2 is 2.00 bits per heavy atom. The molecule has 2 heterocycles. The van der Waals surface area contributed by atoms with Crippen LogP contribution in [0.1, 0.15) is 38.5 Å². The minimum atomic E-state index is 0.273. The van der Waals surface area contributed by atoms with Crippen molar-refractivity contribution in [2.45, 2.75) is 56.3 Å². The minimum absolute atomic E-state index is 0.273. The van der Waals surface area contributed by atoms with Gasteiger partial charge in [0.2, 0.25) is 0 Å². The third-order valence-electron chi connectivity index (χ3n) is 5.37. The molecule has 1 spiro atoms. The highest BCUT2D eigenvalue weighted by Gasteiger charge is 2.43. The van der Waals surface area contributed by atoms with E-state index in [0.717, 1.165) is 32.7 Å². The van der Waals surface area contributed by atoms with E-state index in [1.54, 1.807) is 0 Å². The zero-order valence-corrected chi connectivity index (χ0v) is 12.3. The second-order valence-electron chi connectivity index (χ2n) is 6.82. The summed E-state index contributed by atoms with van der Waals surface area (Å²) in [5.41, 5.74) is 6.21. The highest BCUT2D eigenvalue weighted by molar-refractivity contribution is 4.94. The SMILES string of the molecule is CN1CCN(CC2CCC3(CCCC3)O2)C(CN)C1. The maximum absolute atomic E-state index is 6.44. The molecule has 110 valence electrons. The van der Waals surface area contributed by atoms with E-state index < -0.39 is 0 Å². The van der Waals surface area contributed by atoms with Crippen LogP contribution in [-0.4, -0.2) is 67.3 Å². The van der Waals surface area contributed by atoms with Gasteiger partial charge in [-0.15, -0.1) is 0 Å². The van der Waals surface area contributed by atoms with Crippen molar-refractivity contribution in [1.82, 2.24) is 9.80 Å². The van der Waals surface area contributed by atoms with E-state index in [1.807, 2.05) is 0 Å². The summed E-state index contributed by atoms with van der Waals surface area (Å²) in [5.74, 6) is 0. The standard InChI is InChI=1S/C15H29N3O/c1-17-8-9-18(13(10-16)11-17)12-14-4-7-15(19-14)5-2-3-6-15/h13-14H,2-12,16H2,1H3. The summed E-state index contributed by atoms with van der Waals surface area (Å²) in [6.07, 6.45) is 8.33. The van der Waals surface area contributed by atoms with Gasteiger partial charge in [-0.25, -0.2) is 0 Å². The summed E-state index contributed by atoms with van der Waals surface area (Å²) in [7, 11) is 2.19. The predicted octanol–water partition coefficient (Wildman–Crippen LogP) is 1.05.